The SMILES string of the molecule is O=C(CSCC(O)c1ccccc1)NCCc1ccc(Cl)cc1. The number of nitrogens with one attached hydrogen (secondary N) is 1. The van der Waals surface area contributed by atoms with Crippen LogP contribution in [0.15, 0.2) is 54.6 Å². The molecule has 2 aromatic carbocycles. The zero-order valence-electron chi connectivity index (χ0n) is 12.7. The predicted octanol–water partition coefficient (Wildman–Crippen LogP) is 3.47. The van der Waals surface area contributed by atoms with Crippen molar-refractivity contribution in [3.05, 3.63) is 70.7 Å². The highest BCUT2D eigenvalue weighted by Crippen LogP contribution is 2.17. The predicted molar refractivity (Wildman–Crippen MR) is 96.9 cm³/mol. The monoisotopic (exact) mass is 349 g/mol. The lowest BCUT2D eigenvalue weighted by molar-refractivity contribution is -0.118. The number of aliphatic hydroxyl groups excluding tert-OH is 1. The molecule has 0 spiro atoms. The van der Waals surface area contributed by atoms with Gasteiger partial charge in [-0.2, -0.15) is 0 Å². The molecule has 0 aliphatic rings. The molecule has 0 fully saturated rings. The van der Waals surface area contributed by atoms with Crippen LogP contribution >= 0.6 is 23.4 Å². The highest BCUT2D eigenvalue weighted by Gasteiger charge is 2.08. The van der Waals surface area contributed by atoms with Gasteiger partial charge < -0.3 is 10.4 Å². The first-order chi connectivity index (χ1) is 11.1. The fraction of sp³-hybridized carbons (Fsp3) is 0.278. The highest BCUT2D eigenvalue weighted by atomic mass is 35.5. The van der Waals surface area contributed by atoms with Crippen LogP contribution in [0.1, 0.15) is 17.2 Å². The van der Waals surface area contributed by atoms with Gasteiger partial charge in [0.25, 0.3) is 0 Å². The summed E-state index contributed by atoms with van der Waals surface area (Å²) in [6, 6.07) is 17.1. The van der Waals surface area contributed by atoms with Gasteiger partial charge in [0.15, 0.2) is 0 Å². The van der Waals surface area contributed by atoms with Crippen molar-refractivity contribution in [2.45, 2.75) is 12.5 Å². The molecule has 0 aliphatic carbocycles. The number of hydrogen-bond acceptors (Lipinski definition) is 3. The maximum Gasteiger partial charge on any atom is 0.230 e. The number of hydrogen-bond donors (Lipinski definition) is 2. The molecule has 1 atom stereocenters. The van der Waals surface area contributed by atoms with Crippen LogP contribution in [0.2, 0.25) is 5.02 Å². The summed E-state index contributed by atoms with van der Waals surface area (Å²) in [5, 5.41) is 13.6. The minimum atomic E-state index is -0.539. The number of halogens is 1. The third kappa shape index (κ3) is 6.65. The molecule has 1 amide bonds. The first-order valence-corrected chi connectivity index (χ1v) is 9.00. The van der Waals surface area contributed by atoms with Gasteiger partial charge in [0.1, 0.15) is 0 Å². The average Bonchev–Trinajstić information content (AvgIpc) is 2.57. The van der Waals surface area contributed by atoms with Gasteiger partial charge in [0.2, 0.25) is 5.91 Å². The lowest BCUT2D eigenvalue weighted by Crippen LogP contribution is -2.27. The molecule has 0 saturated carbocycles. The van der Waals surface area contributed by atoms with E-state index in [4.69, 9.17) is 11.6 Å². The largest absolute Gasteiger partial charge is 0.388 e. The molecule has 2 N–H and O–H groups in total. The average molecular weight is 350 g/mol. The Bertz CT molecular complexity index is 604. The Hall–Kier alpha value is -1.49. The quantitative estimate of drug-likeness (QED) is 0.767. The molecular weight excluding hydrogens is 330 g/mol. The maximum atomic E-state index is 11.8. The normalized spacial score (nSPS) is 11.9. The fourth-order valence-electron chi connectivity index (χ4n) is 2.08. The zero-order valence-corrected chi connectivity index (χ0v) is 14.3. The van der Waals surface area contributed by atoms with Crippen LogP contribution < -0.4 is 5.32 Å². The van der Waals surface area contributed by atoms with E-state index >= 15 is 0 Å². The van der Waals surface area contributed by atoms with Crippen LogP contribution in [-0.2, 0) is 11.2 Å². The molecule has 0 heterocycles. The Morgan fingerprint density at radius 3 is 2.52 bits per heavy atom. The van der Waals surface area contributed by atoms with Crippen molar-refractivity contribution in [3.8, 4) is 0 Å². The molecule has 0 radical (unpaired) electrons. The number of carbonyl (C=O) groups excluding carboxylic acids is 1. The maximum absolute atomic E-state index is 11.8. The summed E-state index contributed by atoms with van der Waals surface area (Å²) in [5.41, 5.74) is 2.02. The summed E-state index contributed by atoms with van der Waals surface area (Å²) in [5.74, 6) is 0.850. The van der Waals surface area contributed by atoms with Crippen LogP contribution in [0.4, 0.5) is 0 Å². The van der Waals surface area contributed by atoms with E-state index < -0.39 is 6.10 Å². The number of rotatable bonds is 8. The molecule has 5 heteroatoms. The van der Waals surface area contributed by atoms with E-state index in [0.717, 1.165) is 17.5 Å². The van der Waals surface area contributed by atoms with Gasteiger partial charge in [-0.1, -0.05) is 54.1 Å². The second-order valence-corrected chi connectivity index (χ2v) is 6.63. The highest BCUT2D eigenvalue weighted by molar-refractivity contribution is 7.99. The van der Waals surface area contributed by atoms with Crippen molar-refractivity contribution in [2.75, 3.05) is 18.1 Å². The third-order valence-electron chi connectivity index (χ3n) is 3.34. The Labute approximate surface area is 146 Å². The molecule has 23 heavy (non-hydrogen) atoms. The smallest absolute Gasteiger partial charge is 0.230 e. The van der Waals surface area contributed by atoms with Crippen LogP contribution in [0.5, 0.6) is 0 Å². The van der Waals surface area contributed by atoms with Crippen LogP contribution in [0, 0.1) is 0 Å². The standard InChI is InChI=1S/C18H20ClNO2S/c19-16-8-6-14(7-9-16)10-11-20-18(22)13-23-12-17(21)15-4-2-1-3-5-15/h1-9,17,21H,10-13H2,(H,20,22). The Morgan fingerprint density at radius 1 is 1.13 bits per heavy atom. The molecule has 122 valence electrons. The summed E-state index contributed by atoms with van der Waals surface area (Å²) < 4.78 is 0. The van der Waals surface area contributed by atoms with E-state index in [1.165, 1.54) is 11.8 Å². The topological polar surface area (TPSA) is 49.3 Å². The summed E-state index contributed by atoms with van der Waals surface area (Å²) in [6.07, 6.45) is 0.239. The van der Waals surface area contributed by atoms with Gasteiger partial charge >= 0.3 is 0 Å². The van der Waals surface area contributed by atoms with Gasteiger partial charge in [0, 0.05) is 17.3 Å². The second kappa shape index (κ2) is 9.60. The van der Waals surface area contributed by atoms with Gasteiger partial charge in [-0.25, -0.2) is 0 Å². The molecule has 0 aliphatic heterocycles. The number of amides is 1. The second-order valence-electron chi connectivity index (χ2n) is 5.17. The molecule has 0 bridgehead atoms. The van der Waals surface area contributed by atoms with Gasteiger partial charge in [0.05, 0.1) is 11.9 Å². The minimum absolute atomic E-state index is 0.00998. The molecule has 1 unspecified atom stereocenters. The Balaban J connectivity index is 1.61. The Morgan fingerprint density at radius 2 is 1.83 bits per heavy atom. The third-order valence-corrected chi connectivity index (χ3v) is 4.61. The van der Waals surface area contributed by atoms with Gasteiger partial charge in [-0.3, -0.25) is 4.79 Å². The van der Waals surface area contributed by atoms with Crippen molar-refractivity contribution in [3.63, 3.8) is 0 Å². The van der Waals surface area contributed by atoms with Gasteiger partial charge in [-0.15, -0.1) is 11.8 Å². The fourth-order valence-corrected chi connectivity index (χ4v) is 3.03. The number of benzene rings is 2. The number of carbonyl (C=O) groups is 1. The van der Waals surface area contributed by atoms with E-state index in [1.54, 1.807) is 0 Å². The summed E-state index contributed by atoms with van der Waals surface area (Å²) in [7, 11) is 0. The van der Waals surface area contributed by atoms with Crippen molar-refractivity contribution < 1.29 is 9.90 Å². The van der Waals surface area contributed by atoms with E-state index in [1.807, 2.05) is 54.6 Å². The number of aliphatic hydroxyl groups is 1. The molecule has 2 rings (SSSR count). The zero-order chi connectivity index (χ0) is 16.5. The summed E-state index contributed by atoms with van der Waals surface area (Å²) in [4.78, 5) is 11.8. The Kier molecular flexibility index (Phi) is 7.46. The van der Waals surface area contributed by atoms with Crippen molar-refractivity contribution in [1.29, 1.82) is 0 Å². The van der Waals surface area contributed by atoms with E-state index in [0.29, 0.717) is 23.1 Å². The first kappa shape index (κ1) is 17.9. The molecule has 3 nitrogen and oxygen atoms in total. The van der Waals surface area contributed by atoms with Crippen molar-refractivity contribution >= 4 is 29.3 Å². The molecule has 0 saturated heterocycles. The summed E-state index contributed by atoms with van der Waals surface area (Å²) in [6.45, 7) is 0.599. The molecule has 0 aromatic heterocycles. The van der Waals surface area contributed by atoms with Gasteiger partial charge in [-0.05, 0) is 29.7 Å². The van der Waals surface area contributed by atoms with Crippen molar-refractivity contribution in [1.82, 2.24) is 5.32 Å². The lowest BCUT2D eigenvalue weighted by atomic mass is 10.1. The van der Waals surface area contributed by atoms with Crippen LogP contribution in [0.3, 0.4) is 0 Å². The van der Waals surface area contributed by atoms with Crippen LogP contribution in [0.25, 0.3) is 0 Å². The van der Waals surface area contributed by atoms with E-state index in [-0.39, 0.29) is 5.91 Å². The minimum Gasteiger partial charge on any atom is -0.388 e. The molecule has 2 aromatic rings. The van der Waals surface area contributed by atoms with E-state index in [2.05, 4.69) is 5.32 Å². The summed E-state index contributed by atoms with van der Waals surface area (Å²) >= 11 is 7.26. The number of thioether (sulfide) groups is 1. The molecular formula is C18H20ClNO2S. The van der Waals surface area contributed by atoms with Crippen LogP contribution in [-0.4, -0.2) is 29.1 Å². The lowest BCUT2D eigenvalue weighted by Gasteiger charge is -2.10. The van der Waals surface area contributed by atoms with Crippen molar-refractivity contribution in [2.24, 2.45) is 0 Å². The van der Waals surface area contributed by atoms with E-state index in [9.17, 15) is 9.90 Å². The first-order valence-electron chi connectivity index (χ1n) is 7.47.